The van der Waals surface area contributed by atoms with Gasteiger partial charge in [-0.05, 0) is 50.1 Å². The summed E-state index contributed by atoms with van der Waals surface area (Å²) >= 11 is 0. The summed E-state index contributed by atoms with van der Waals surface area (Å²) in [7, 11) is 1.73. The molecule has 3 aromatic rings. The van der Waals surface area contributed by atoms with Gasteiger partial charge >= 0.3 is 0 Å². The van der Waals surface area contributed by atoms with Gasteiger partial charge in [0.05, 0.1) is 11.4 Å². The average Bonchev–Trinajstić information content (AvgIpc) is 3.02. The second kappa shape index (κ2) is 7.47. The minimum Gasteiger partial charge on any atom is -0.340 e. The Labute approximate surface area is 152 Å². The number of aromatic nitrogens is 3. The first-order chi connectivity index (χ1) is 12.5. The lowest BCUT2D eigenvalue weighted by Crippen LogP contribution is -2.29. The minimum atomic E-state index is -0.262. The maximum absolute atomic E-state index is 13.0. The van der Waals surface area contributed by atoms with Crippen LogP contribution in [0.3, 0.4) is 0 Å². The molecule has 0 radical (unpaired) electrons. The van der Waals surface area contributed by atoms with Crippen molar-refractivity contribution >= 4 is 5.91 Å². The van der Waals surface area contributed by atoms with Crippen molar-refractivity contribution in [1.29, 1.82) is 0 Å². The van der Waals surface area contributed by atoms with Gasteiger partial charge in [0.1, 0.15) is 5.82 Å². The van der Waals surface area contributed by atoms with Crippen LogP contribution in [0, 0.1) is 19.7 Å². The third-order valence-corrected chi connectivity index (χ3v) is 4.37. The van der Waals surface area contributed by atoms with Gasteiger partial charge in [0.15, 0.2) is 5.69 Å². The minimum absolute atomic E-state index is 0.178. The van der Waals surface area contributed by atoms with Crippen LogP contribution in [0.1, 0.15) is 27.3 Å². The van der Waals surface area contributed by atoms with E-state index in [4.69, 9.17) is 0 Å². The van der Waals surface area contributed by atoms with Gasteiger partial charge in [-0.25, -0.2) is 9.07 Å². The molecule has 3 rings (SSSR count). The number of amides is 1. The molecule has 0 aliphatic heterocycles. The summed E-state index contributed by atoms with van der Waals surface area (Å²) in [4.78, 5) is 14.3. The van der Waals surface area contributed by atoms with Crippen LogP contribution in [-0.4, -0.2) is 39.4 Å². The average molecular weight is 352 g/mol. The molecule has 0 fully saturated rings. The van der Waals surface area contributed by atoms with E-state index in [0.717, 1.165) is 16.8 Å². The van der Waals surface area contributed by atoms with E-state index >= 15 is 0 Å². The molecule has 0 unspecified atom stereocenters. The van der Waals surface area contributed by atoms with Crippen molar-refractivity contribution < 1.29 is 9.18 Å². The lowest BCUT2D eigenvalue weighted by atomic mass is 10.1. The molecule has 0 saturated heterocycles. The highest BCUT2D eigenvalue weighted by Crippen LogP contribution is 2.14. The SMILES string of the molecule is Cc1ccc(-n2nnc(C(=O)N(C)CCc3ccc(F)cc3)c2C)cc1. The normalized spacial score (nSPS) is 10.8. The number of hydrogen-bond acceptors (Lipinski definition) is 3. The number of halogens is 1. The van der Waals surface area contributed by atoms with E-state index in [1.54, 1.807) is 28.8 Å². The van der Waals surface area contributed by atoms with Gasteiger partial charge in [0, 0.05) is 13.6 Å². The van der Waals surface area contributed by atoms with Gasteiger partial charge in [-0.1, -0.05) is 35.0 Å². The molecule has 26 heavy (non-hydrogen) atoms. The Kier molecular flexibility index (Phi) is 5.11. The van der Waals surface area contributed by atoms with E-state index < -0.39 is 0 Å². The number of likely N-dealkylation sites (N-methyl/N-ethyl adjacent to an activating group) is 1. The summed E-state index contributed by atoms with van der Waals surface area (Å²) in [5.74, 6) is -0.440. The second-order valence-electron chi connectivity index (χ2n) is 6.37. The van der Waals surface area contributed by atoms with Crippen LogP contribution < -0.4 is 0 Å². The summed E-state index contributed by atoms with van der Waals surface area (Å²) in [5.41, 5.74) is 4.04. The maximum atomic E-state index is 13.0. The molecule has 0 atom stereocenters. The fraction of sp³-hybridized carbons (Fsp3) is 0.250. The van der Waals surface area contributed by atoms with Gasteiger partial charge in [0.2, 0.25) is 0 Å². The first-order valence-electron chi connectivity index (χ1n) is 8.45. The highest BCUT2D eigenvalue weighted by atomic mass is 19.1. The van der Waals surface area contributed by atoms with Crippen molar-refractivity contribution in [2.24, 2.45) is 0 Å². The molecular formula is C20H21FN4O. The molecule has 6 heteroatoms. The molecule has 1 amide bonds. The summed E-state index contributed by atoms with van der Waals surface area (Å²) < 4.78 is 14.6. The molecule has 134 valence electrons. The van der Waals surface area contributed by atoms with Crippen LogP contribution in [-0.2, 0) is 6.42 Å². The topological polar surface area (TPSA) is 51.0 Å². The predicted octanol–water partition coefficient (Wildman–Crippen LogP) is 3.34. The lowest BCUT2D eigenvalue weighted by molar-refractivity contribution is 0.0790. The fourth-order valence-electron chi connectivity index (χ4n) is 2.69. The van der Waals surface area contributed by atoms with Crippen LogP contribution in [0.2, 0.25) is 0 Å². The molecule has 0 N–H and O–H groups in total. The molecule has 0 saturated carbocycles. The zero-order chi connectivity index (χ0) is 18.7. The zero-order valence-corrected chi connectivity index (χ0v) is 15.1. The molecular weight excluding hydrogens is 331 g/mol. The summed E-state index contributed by atoms with van der Waals surface area (Å²) in [6.45, 7) is 4.37. The van der Waals surface area contributed by atoms with Crippen molar-refractivity contribution in [2.75, 3.05) is 13.6 Å². The third-order valence-electron chi connectivity index (χ3n) is 4.37. The number of carbonyl (C=O) groups is 1. The van der Waals surface area contributed by atoms with Crippen LogP contribution >= 0.6 is 0 Å². The van der Waals surface area contributed by atoms with Gasteiger partial charge in [-0.2, -0.15) is 0 Å². The molecule has 1 aromatic heterocycles. The van der Waals surface area contributed by atoms with Gasteiger partial charge in [-0.15, -0.1) is 5.10 Å². The smallest absolute Gasteiger partial charge is 0.276 e. The Morgan fingerprint density at radius 1 is 1.08 bits per heavy atom. The van der Waals surface area contributed by atoms with Crippen molar-refractivity contribution in [3.8, 4) is 5.69 Å². The van der Waals surface area contributed by atoms with Crippen molar-refractivity contribution in [3.05, 3.63) is 76.9 Å². The standard InChI is InChI=1S/C20H21FN4O/c1-14-4-10-18(11-5-14)25-15(2)19(22-23-25)20(26)24(3)13-12-16-6-8-17(21)9-7-16/h4-11H,12-13H2,1-3H3. The third kappa shape index (κ3) is 3.79. The number of rotatable bonds is 5. The summed E-state index contributed by atoms with van der Waals surface area (Å²) in [6, 6.07) is 14.2. The first-order valence-corrected chi connectivity index (χ1v) is 8.45. The van der Waals surface area contributed by atoms with Crippen molar-refractivity contribution in [3.63, 3.8) is 0 Å². The van der Waals surface area contributed by atoms with Gasteiger partial charge in [-0.3, -0.25) is 4.79 Å². The maximum Gasteiger partial charge on any atom is 0.276 e. The number of hydrogen-bond donors (Lipinski definition) is 0. The number of nitrogens with zero attached hydrogens (tertiary/aromatic N) is 4. The Bertz CT molecular complexity index is 901. The van der Waals surface area contributed by atoms with Crippen LogP contribution in [0.4, 0.5) is 4.39 Å². The Morgan fingerprint density at radius 2 is 1.73 bits per heavy atom. The number of aryl methyl sites for hydroxylation is 1. The molecule has 0 aliphatic carbocycles. The van der Waals surface area contributed by atoms with E-state index in [0.29, 0.717) is 24.4 Å². The van der Waals surface area contributed by atoms with E-state index in [1.165, 1.54) is 12.1 Å². The van der Waals surface area contributed by atoms with E-state index in [2.05, 4.69) is 10.3 Å². The van der Waals surface area contributed by atoms with E-state index in [-0.39, 0.29) is 11.7 Å². The lowest BCUT2D eigenvalue weighted by Gasteiger charge is -2.16. The Morgan fingerprint density at radius 3 is 2.38 bits per heavy atom. The highest BCUT2D eigenvalue weighted by molar-refractivity contribution is 5.93. The molecule has 0 spiro atoms. The van der Waals surface area contributed by atoms with Crippen LogP contribution in [0.25, 0.3) is 5.69 Å². The predicted molar refractivity (Wildman–Crippen MR) is 97.9 cm³/mol. The Hall–Kier alpha value is -3.02. The number of benzene rings is 2. The van der Waals surface area contributed by atoms with Crippen LogP contribution in [0.5, 0.6) is 0 Å². The fourth-order valence-corrected chi connectivity index (χ4v) is 2.69. The molecule has 2 aromatic carbocycles. The second-order valence-corrected chi connectivity index (χ2v) is 6.37. The van der Waals surface area contributed by atoms with Gasteiger partial charge < -0.3 is 4.90 Å². The highest BCUT2D eigenvalue weighted by Gasteiger charge is 2.20. The quantitative estimate of drug-likeness (QED) is 0.708. The van der Waals surface area contributed by atoms with Gasteiger partial charge in [0.25, 0.3) is 5.91 Å². The van der Waals surface area contributed by atoms with Crippen molar-refractivity contribution in [2.45, 2.75) is 20.3 Å². The molecule has 1 heterocycles. The van der Waals surface area contributed by atoms with Crippen LogP contribution in [0.15, 0.2) is 48.5 Å². The zero-order valence-electron chi connectivity index (χ0n) is 15.1. The summed E-state index contributed by atoms with van der Waals surface area (Å²) in [6.07, 6.45) is 0.646. The Balaban J connectivity index is 1.71. The van der Waals surface area contributed by atoms with E-state index in [1.807, 2.05) is 38.1 Å². The largest absolute Gasteiger partial charge is 0.340 e. The monoisotopic (exact) mass is 352 g/mol. The first kappa shape index (κ1) is 17.8. The van der Waals surface area contributed by atoms with Crippen molar-refractivity contribution in [1.82, 2.24) is 19.9 Å². The molecule has 5 nitrogen and oxygen atoms in total. The number of carbonyl (C=O) groups excluding carboxylic acids is 1. The summed E-state index contributed by atoms with van der Waals surface area (Å²) in [5, 5.41) is 8.20. The van der Waals surface area contributed by atoms with E-state index in [9.17, 15) is 9.18 Å². The molecule has 0 aliphatic rings. The molecule has 0 bridgehead atoms.